The van der Waals surface area contributed by atoms with E-state index in [1.54, 1.807) is 36.5 Å². The zero-order chi connectivity index (χ0) is 60.7. The molecule has 0 aliphatic rings. The number of pyridine rings is 5. The molecule has 0 aliphatic heterocycles. The molecule has 5 aromatic heterocycles. The van der Waals surface area contributed by atoms with Crippen molar-refractivity contribution in [2.75, 3.05) is 0 Å². The summed E-state index contributed by atoms with van der Waals surface area (Å²) in [5.41, 5.74) is 19.4. The number of rotatable bonds is 10. The normalized spacial score (nSPS) is 10.3. The number of aromatic hydroxyl groups is 1. The van der Waals surface area contributed by atoms with Crippen molar-refractivity contribution in [1.29, 1.82) is 15.8 Å². The second kappa shape index (κ2) is 32.7. The van der Waals surface area contributed by atoms with Crippen molar-refractivity contribution < 1.29 is 5.11 Å². The van der Waals surface area contributed by atoms with Crippen molar-refractivity contribution in [2.24, 2.45) is 0 Å². The highest BCUT2D eigenvalue weighted by atomic mass is 16.3. The van der Waals surface area contributed by atoms with Crippen LogP contribution in [0, 0.1) is 47.8 Å². The van der Waals surface area contributed by atoms with Crippen LogP contribution in [0.5, 0.6) is 5.75 Å². The van der Waals surface area contributed by atoms with Crippen LogP contribution in [-0.4, -0.2) is 30.0 Å². The molecule has 0 saturated carbocycles. The monoisotopic (exact) mass is 1120 g/mol. The van der Waals surface area contributed by atoms with E-state index in [1.807, 2.05) is 106 Å². The number of aryl methyl sites for hydroxylation is 2. The third kappa shape index (κ3) is 19.6. The maximum Gasteiger partial charge on any atom is 0.141 e. The Labute approximate surface area is 506 Å². The van der Waals surface area contributed by atoms with Crippen LogP contribution in [0.15, 0.2) is 206 Å². The summed E-state index contributed by atoms with van der Waals surface area (Å²) >= 11 is 0. The Balaban J connectivity index is 0.000000194. The first kappa shape index (κ1) is 65.9. The van der Waals surface area contributed by atoms with Crippen molar-refractivity contribution in [3.63, 3.8) is 0 Å². The van der Waals surface area contributed by atoms with E-state index < -0.39 is 0 Å². The van der Waals surface area contributed by atoms with Gasteiger partial charge in [0.2, 0.25) is 0 Å². The lowest BCUT2D eigenvalue weighted by molar-refractivity contribution is 0.466. The zero-order valence-electron chi connectivity index (χ0n) is 50.5. The van der Waals surface area contributed by atoms with Crippen LogP contribution in [-0.2, 0) is 0 Å². The Kier molecular flexibility index (Phi) is 25.3. The molecular weight excluding hydrogens is 1040 g/mol. The lowest BCUT2D eigenvalue weighted by Crippen LogP contribution is -1.94. The van der Waals surface area contributed by atoms with Gasteiger partial charge >= 0.3 is 0 Å². The topological polar surface area (TPSA) is 156 Å². The van der Waals surface area contributed by atoms with E-state index in [-0.39, 0.29) is 19.1 Å². The van der Waals surface area contributed by atoms with E-state index in [1.165, 1.54) is 27.8 Å². The molecule has 10 rings (SSSR count). The summed E-state index contributed by atoms with van der Waals surface area (Å²) < 4.78 is 0. The van der Waals surface area contributed by atoms with Gasteiger partial charge in [0, 0.05) is 51.1 Å². The van der Waals surface area contributed by atoms with Crippen molar-refractivity contribution in [1.82, 2.24) is 24.9 Å². The molecule has 9 nitrogen and oxygen atoms in total. The van der Waals surface area contributed by atoms with E-state index in [4.69, 9.17) is 15.8 Å². The summed E-state index contributed by atoms with van der Waals surface area (Å²) in [7, 11) is 0. The Hall–Kier alpha value is -9.88. The Morgan fingerprint density at radius 2 is 0.847 bits per heavy atom. The van der Waals surface area contributed by atoms with Crippen LogP contribution in [0.1, 0.15) is 162 Å². The first-order chi connectivity index (χ1) is 40.4. The minimum absolute atomic E-state index is 0. The van der Waals surface area contributed by atoms with Crippen LogP contribution < -0.4 is 0 Å². The van der Waals surface area contributed by atoms with Gasteiger partial charge in [-0.25, -0.2) is 4.98 Å². The molecule has 0 radical (unpaired) electrons. The molecule has 9 heteroatoms. The molecule has 5 heterocycles. The highest BCUT2D eigenvalue weighted by molar-refractivity contribution is 5.70. The van der Waals surface area contributed by atoms with E-state index in [0.717, 1.165) is 56.5 Å². The molecule has 1 N–H and O–H groups in total. The van der Waals surface area contributed by atoms with E-state index in [2.05, 4.69) is 190 Å². The lowest BCUT2D eigenvalue weighted by Gasteiger charge is -2.12. The van der Waals surface area contributed by atoms with E-state index in [9.17, 15) is 5.11 Å². The number of aromatic nitrogens is 5. The minimum Gasteiger partial charge on any atom is -0.507 e. The largest absolute Gasteiger partial charge is 0.507 e. The average molecular weight is 1120 g/mol. The summed E-state index contributed by atoms with van der Waals surface area (Å²) in [6.07, 6.45) is 1.61. The summed E-state index contributed by atoms with van der Waals surface area (Å²) in [6, 6.07) is 72.1. The quantitative estimate of drug-likeness (QED) is 0.141. The SMILES string of the molecule is C.CC(C)c1cccc(-c2ccc(C#N)cn2)c1.CC(C)c1cccc(-c2cccc(C#N)c2)n1.CC(C)c1cccc(-c2cccc(C#N)n2)c1O.Cc1cccc(-c2cccc(C(C)C)c2)n1.Cc1cccc(-c2cccc(C(C)C)n2)c1. The molecule has 430 valence electrons. The Morgan fingerprint density at radius 3 is 1.34 bits per heavy atom. The third-order valence-electron chi connectivity index (χ3n) is 13.6. The number of phenols is 1. The summed E-state index contributed by atoms with van der Waals surface area (Å²) in [4.78, 5) is 22.3. The Bertz CT molecular complexity index is 3780. The van der Waals surface area contributed by atoms with Crippen molar-refractivity contribution in [3.8, 4) is 80.2 Å². The number of nitrogens with zero attached hydrogens (tertiary/aromatic N) is 8. The number of para-hydroxylation sites is 1. The van der Waals surface area contributed by atoms with Crippen LogP contribution in [0.2, 0.25) is 0 Å². The molecule has 5 aromatic carbocycles. The first-order valence-corrected chi connectivity index (χ1v) is 28.6. The molecule has 0 amide bonds. The fraction of sp³-hybridized carbons (Fsp3) is 0.237. The predicted molar refractivity (Wildman–Crippen MR) is 351 cm³/mol. The summed E-state index contributed by atoms with van der Waals surface area (Å²) in [6.45, 7) is 25.5. The second-order valence-electron chi connectivity index (χ2n) is 22.0. The summed E-state index contributed by atoms with van der Waals surface area (Å²) in [5, 5.41) is 36.7. The molecule has 85 heavy (non-hydrogen) atoms. The minimum atomic E-state index is 0. The van der Waals surface area contributed by atoms with Crippen LogP contribution >= 0.6 is 0 Å². The van der Waals surface area contributed by atoms with Gasteiger partial charge in [-0.15, -0.1) is 0 Å². The van der Waals surface area contributed by atoms with E-state index >= 15 is 0 Å². The number of nitriles is 3. The van der Waals surface area contributed by atoms with Crippen LogP contribution in [0.3, 0.4) is 0 Å². The average Bonchev–Trinajstić information content (AvgIpc) is 3.65. The van der Waals surface area contributed by atoms with Gasteiger partial charge in [-0.05, 0) is 157 Å². The second-order valence-corrected chi connectivity index (χ2v) is 22.0. The standard InChI is InChI=1S/C15H14N2O.2C15H14N2.2C15H17N.CH4/c1-10(2)12-6-4-7-13(15(12)18)14-8-3-5-11(9-16)17-14;1-11(2)14-7-4-8-15(17-14)13-6-3-5-12(9-13)10-16;1-11(2)13-4-3-5-14(8-13)15-7-6-12(9-16)10-17-15;1-11(2)13-7-5-8-14(10-13)15-9-4-6-12(3)16-15;1-11(2)14-8-5-9-15(16-14)13-7-4-6-12(3)10-13;/h3-8,10,18H,1-2H3;3-9,11H,1-2H3;3-8,10-11H,1-2H3;2*4-11H,1-3H3;1H4. The maximum absolute atomic E-state index is 10.3. The van der Waals surface area contributed by atoms with Gasteiger partial charge in [0.25, 0.3) is 0 Å². The molecule has 0 atom stereocenters. The van der Waals surface area contributed by atoms with Gasteiger partial charge in [-0.1, -0.05) is 185 Å². The zero-order valence-corrected chi connectivity index (χ0v) is 50.5. The lowest BCUT2D eigenvalue weighted by atomic mass is 9.97. The van der Waals surface area contributed by atoms with E-state index in [0.29, 0.717) is 51.7 Å². The highest BCUT2D eigenvalue weighted by Gasteiger charge is 2.13. The maximum atomic E-state index is 10.3. The number of benzene rings is 5. The molecule has 0 aliphatic carbocycles. The van der Waals surface area contributed by atoms with Gasteiger partial charge in [-0.2, -0.15) is 15.8 Å². The summed E-state index contributed by atoms with van der Waals surface area (Å²) in [5.74, 6) is 2.44. The molecule has 0 bridgehead atoms. The molecule has 0 saturated heterocycles. The molecular formula is C76H80N8O. The number of phenolic OH excluding ortho intramolecular Hbond substituents is 1. The first-order valence-electron chi connectivity index (χ1n) is 28.6. The molecule has 0 spiro atoms. The van der Waals surface area contributed by atoms with Gasteiger partial charge in [0.05, 0.1) is 45.7 Å². The fourth-order valence-corrected chi connectivity index (χ4v) is 8.75. The van der Waals surface area contributed by atoms with Gasteiger partial charge < -0.3 is 5.11 Å². The molecule has 10 aromatic rings. The highest BCUT2D eigenvalue weighted by Crippen LogP contribution is 2.35. The smallest absolute Gasteiger partial charge is 0.141 e. The Morgan fingerprint density at radius 1 is 0.376 bits per heavy atom. The van der Waals surface area contributed by atoms with Crippen molar-refractivity contribution >= 4 is 0 Å². The number of hydrogen-bond donors (Lipinski definition) is 1. The third-order valence-corrected chi connectivity index (χ3v) is 13.6. The fourth-order valence-electron chi connectivity index (χ4n) is 8.75. The predicted octanol–water partition coefficient (Wildman–Crippen LogP) is 19.9. The van der Waals surface area contributed by atoms with Gasteiger partial charge in [-0.3, -0.25) is 19.9 Å². The van der Waals surface area contributed by atoms with Crippen LogP contribution in [0.25, 0.3) is 56.3 Å². The van der Waals surface area contributed by atoms with Gasteiger partial charge in [0.1, 0.15) is 23.6 Å². The van der Waals surface area contributed by atoms with Crippen molar-refractivity contribution in [2.45, 2.75) is 120 Å². The van der Waals surface area contributed by atoms with Gasteiger partial charge in [0.15, 0.2) is 0 Å². The number of hydrogen-bond acceptors (Lipinski definition) is 9. The molecule has 0 unspecified atom stereocenters. The van der Waals surface area contributed by atoms with Crippen molar-refractivity contribution in [3.05, 3.63) is 263 Å². The molecule has 0 fully saturated rings. The van der Waals surface area contributed by atoms with Crippen LogP contribution in [0.4, 0.5) is 0 Å².